The van der Waals surface area contributed by atoms with Crippen molar-refractivity contribution in [2.75, 3.05) is 18.0 Å². The molecular formula is C10H11F3N4. The van der Waals surface area contributed by atoms with Crippen LogP contribution in [-0.2, 0) is 0 Å². The van der Waals surface area contributed by atoms with Crippen LogP contribution in [0.5, 0.6) is 0 Å². The van der Waals surface area contributed by atoms with E-state index in [0.29, 0.717) is 6.42 Å². The molecule has 0 fully saturated rings. The van der Waals surface area contributed by atoms with Crippen molar-refractivity contribution in [3.63, 3.8) is 0 Å². The molecule has 0 aliphatic carbocycles. The SMILES string of the molecule is CCCN(CC(F)(F)F)c1cnc(C#N)cn1. The maximum absolute atomic E-state index is 12.3. The first kappa shape index (κ1) is 13.2. The molecule has 0 amide bonds. The third-order valence-electron chi connectivity index (χ3n) is 1.94. The molecule has 17 heavy (non-hydrogen) atoms. The highest BCUT2D eigenvalue weighted by atomic mass is 19.4. The summed E-state index contributed by atoms with van der Waals surface area (Å²) in [5.74, 6) is 0.128. The molecule has 0 saturated carbocycles. The van der Waals surface area contributed by atoms with E-state index >= 15 is 0 Å². The molecular weight excluding hydrogens is 233 g/mol. The molecule has 0 saturated heterocycles. The van der Waals surface area contributed by atoms with Crippen molar-refractivity contribution < 1.29 is 13.2 Å². The zero-order valence-corrected chi connectivity index (χ0v) is 9.20. The molecule has 0 aliphatic rings. The second-order valence-corrected chi connectivity index (χ2v) is 3.41. The summed E-state index contributed by atoms with van der Waals surface area (Å²) in [5, 5.41) is 8.51. The van der Waals surface area contributed by atoms with Gasteiger partial charge >= 0.3 is 6.18 Å². The van der Waals surface area contributed by atoms with Crippen LogP contribution in [-0.4, -0.2) is 29.2 Å². The third-order valence-corrected chi connectivity index (χ3v) is 1.94. The van der Waals surface area contributed by atoms with E-state index in [1.807, 2.05) is 0 Å². The molecule has 1 heterocycles. The Bertz CT molecular complexity index is 393. The molecule has 0 aliphatic heterocycles. The normalized spacial score (nSPS) is 11.0. The molecule has 7 heteroatoms. The smallest absolute Gasteiger partial charge is 0.346 e. The molecule has 92 valence electrons. The standard InChI is InChI=1S/C10H11F3N4/c1-2-3-17(7-10(11,12)13)9-6-15-8(4-14)5-16-9/h5-6H,2-3,7H2,1H3. The van der Waals surface area contributed by atoms with E-state index in [4.69, 9.17) is 5.26 Å². The van der Waals surface area contributed by atoms with Gasteiger partial charge in [0.25, 0.3) is 0 Å². The average Bonchev–Trinajstić information content (AvgIpc) is 2.27. The highest BCUT2D eigenvalue weighted by Gasteiger charge is 2.31. The number of aromatic nitrogens is 2. The van der Waals surface area contributed by atoms with Gasteiger partial charge in [0, 0.05) is 6.54 Å². The van der Waals surface area contributed by atoms with Gasteiger partial charge in [-0.25, -0.2) is 9.97 Å². The zero-order chi connectivity index (χ0) is 12.9. The van der Waals surface area contributed by atoms with Crippen LogP contribution in [0.4, 0.5) is 19.0 Å². The van der Waals surface area contributed by atoms with E-state index in [0.717, 1.165) is 11.1 Å². The van der Waals surface area contributed by atoms with Crippen molar-refractivity contribution in [2.45, 2.75) is 19.5 Å². The number of halogens is 3. The number of rotatable bonds is 4. The van der Waals surface area contributed by atoms with Gasteiger partial charge in [-0.15, -0.1) is 0 Å². The zero-order valence-electron chi connectivity index (χ0n) is 9.20. The minimum Gasteiger partial charge on any atom is -0.346 e. The van der Waals surface area contributed by atoms with Crippen LogP contribution in [0.3, 0.4) is 0 Å². The van der Waals surface area contributed by atoms with Crippen molar-refractivity contribution in [1.82, 2.24) is 9.97 Å². The summed E-state index contributed by atoms with van der Waals surface area (Å²) < 4.78 is 37.0. The van der Waals surface area contributed by atoms with Gasteiger partial charge in [0.05, 0.1) is 12.4 Å². The van der Waals surface area contributed by atoms with Gasteiger partial charge in [0.2, 0.25) is 0 Å². The topological polar surface area (TPSA) is 52.8 Å². The number of alkyl halides is 3. The van der Waals surface area contributed by atoms with Gasteiger partial charge in [0.1, 0.15) is 18.4 Å². The fourth-order valence-electron chi connectivity index (χ4n) is 1.30. The Kier molecular flexibility index (Phi) is 4.26. The van der Waals surface area contributed by atoms with Crippen LogP contribution in [0.25, 0.3) is 0 Å². The molecule has 1 aromatic heterocycles. The van der Waals surface area contributed by atoms with Crippen LogP contribution < -0.4 is 4.90 Å². The quantitative estimate of drug-likeness (QED) is 0.814. The Balaban J connectivity index is 2.86. The summed E-state index contributed by atoms with van der Waals surface area (Å²) >= 11 is 0. The Morgan fingerprint density at radius 2 is 2.06 bits per heavy atom. The van der Waals surface area contributed by atoms with Crippen molar-refractivity contribution >= 4 is 5.82 Å². The molecule has 0 atom stereocenters. The Morgan fingerprint density at radius 1 is 1.35 bits per heavy atom. The number of nitrogens with zero attached hydrogens (tertiary/aromatic N) is 4. The van der Waals surface area contributed by atoms with E-state index in [1.54, 1.807) is 13.0 Å². The van der Waals surface area contributed by atoms with Crippen LogP contribution in [0.15, 0.2) is 12.4 Å². The lowest BCUT2D eigenvalue weighted by Gasteiger charge is -2.23. The number of hydrogen-bond acceptors (Lipinski definition) is 4. The lowest BCUT2D eigenvalue weighted by atomic mass is 10.4. The van der Waals surface area contributed by atoms with Crippen LogP contribution >= 0.6 is 0 Å². The highest BCUT2D eigenvalue weighted by Crippen LogP contribution is 2.20. The first-order valence-corrected chi connectivity index (χ1v) is 5.00. The third kappa shape index (κ3) is 4.26. The summed E-state index contributed by atoms with van der Waals surface area (Å²) in [6, 6.07) is 1.76. The molecule has 0 aromatic carbocycles. The number of anilines is 1. The highest BCUT2D eigenvalue weighted by molar-refractivity contribution is 5.37. The van der Waals surface area contributed by atoms with E-state index in [-0.39, 0.29) is 18.1 Å². The van der Waals surface area contributed by atoms with Crippen LogP contribution in [0, 0.1) is 11.3 Å². The van der Waals surface area contributed by atoms with Gasteiger partial charge < -0.3 is 4.90 Å². The molecule has 0 unspecified atom stereocenters. The Labute approximate surface area is 96.7 Å². The minimum atomic E-state index is -4.29. The molecule has 0 bridgehead atoms. The minimum absolute atomic E-state index is 0.0807. The largest absolute Gasteiger partial charge is 0.405 e. The van der Waals surface area contributed by atoms with Gasteiger partial charge in [-0.05, 0) is 6.42 Å². The maximum atomic E-state index is 12.3. The summed E-state index contributed by atoms with van der Waals surface area (Å²) in [6.45, 7) is 0.946. The van der Waals surface area contributed by atoms with Crippen molar-refractivity contribution in [2.24, 2.45) is 0 Å². The average molecular weight is 244 g/mol. The molecule has 1 rings (SSSR count). The Morgan fingerprint density at radius 3 is 2.47 bits per heavy atom. The summed E-state index contributed by atoms with van der Waals surface area (Å²) in [6.07, 6.45) is -1.38. The molecule has 4 nitrogen and oxygen atoms in total. The summed E-state index contributed by atoms with van der Waals surface area (Å²) in [7, 11) is 0. The van der Waals surface area contributed by atoms with Gasteiger partial charge in [0.15, 0.2) is 5.69 Å². The molecule has 0 N–H and O–H groups in total. The van der Waals surface area contributed by atoms with Gasteiger partial charge in [-0.2, -0.15) is 18.4 Å². The van der Waals surface area contributed by atoms with Crippen LogP contribution in [0.2, 0.25) is 0 Å². The number of hydrogen-bond donors (Lipinski definition) is 0. The summed E-state index contributed by atoms with van der Waals surface area (Å²) in [4.78, 5) is 8.58. The molecule has 0 spiro atoms. The molecule has 1 aromatic rings. The summed E-state index contributed by atoms with van der Waals surface area (Å²) in [5.41, 5.74) is 0.0807. The number of nitriles is 1. The second-order valence-electron chi connectivity index (χ2n) is 3.41. The second kappa shape index (κ2) is 5.48. The predicted molar refractivity (Wildman–Crippen MR) is 55.3 cm³/mol. The lowest BCUT2D eigenvalue weighted by molar-refractivity contribution is -0.119. The lowest BCUT2D eigenvalue weighted by Crippen LogP contribution is -2.35. The first-order chi connectivity index (χ1) is 7.96. The van der Waals surface area contributed by atoms with Crippen molar-refractivity contribution in [3.05, 3.63) is 18.1 Å². The predicted octanol–water partition coefficient (Wildman–Crippen LogP) is 2.13. The van der Waals surface area contributed by atoms with E-state index in [2.05, 4.69) is 9.97 Å². The van der Waals surface area contributed by atoms with Gasteiger partial charge in [-0.1, -0.05) is 6.92 Å². The Hall–Kier alpha value is -1.84. The van der Waals surface area contributed by atoms with Crippen molar-refractivity contribution in [1.29, 1.82) is 5.26 Å². The monoisotopic (exact) mass is 244 g/mol. The fourth-order valence-corrected chi connectivity index (χ4v) is 1.30. The van der Waals surface area contributed by atoms with Crippen molar-refractivity contribution in [3.8, 4) is 6.07 Å². The fraction of sp³-hybridized carbons (Fsp3) is 0.500. The molecule has 0 radical (unpaired) electrons. The van der Waals surface area contributed by atoms with E-state index < -0.39 is 12.7 Å². The first-order valence-electron chi connectivity index (χ1n) is 5.00. The van der Waals surface area contributed by atoms with Crippen LogP contribution in [0.1, 0.15) is 19.0 Å². The van der Waals surface area contributed by atoms with E-state index in [9.17, 15) is 13.2 Å². The maximum Gasteiger partial charge on any atom is 0.405 e. The van der Waals surface area contributed by atoms with E-state index in [1.165, 1.54) is 6.20 Å². The van der Waals surface area contributed by atoms with Gasteiger partial charge in [-0.3, -0.25) is 0 Å².